The van der Waals surface area contributed by atoms with Crippen molar-refractivity contribution in [3.8, 4) is 5.75 Å². The first kappa shape index (κ1) is 11.4. The van der Waals surface area contributed by atoms with E-state index in [2.05, 4.69) is 17.4 Å². The van der Waals surface area contributed by atoms with Crippen LogP contribution in [0, 0.1) is 5.92 Å². The fourth-order valence-corrected chi connectivity index (χ4v) is 2.29. The number of ether oxygens (including phenoxy) is 1. The summed E-state index contributed by atoms with van der Waals surface area (Å²) in [6, 6.07) is 8.22. The molecule has 88 valence electrons. The van der Waals surface area contributed by atoms with Crippen LogP contribution >= 0.6 is 0 Å². The average Bonchev–Trinajstić information content (AvgIpc) is 2.78. The van der Waals surface area contributed by atoms with E-state index in [1.807, 2.05) is 19.1 Å². The summed E-state index contributed by atoms with van der Waals surface area (Å²) in [5.74, 6) is 1.69. The second-order valence-electron chi connectivity index (χ2n) is 4.21. The minimum Gasteiger partial charge on any atom is -0.494 e. The van der Waals surface area contributed by atoms with E-state index in [0.717, 1.165) is 18.8 Å². The second kappa shape index (κ2) is 5.32. The first-order valence-corrected chi connectivity index (χ1v) is 5.89. The van der Waals surface area contributed by atoms with Crippen LogP contribution in [-0.2, 0) is 0 Å². The second-order valence-corrected chi connectivity index (χ2v) is 4.21. The topological polar surface area (TPSA) is 41.5 Å². The molecule has 1 aliphatic rings. The highest BCUT2D eigenvalue weighted by Crippen LogP contribution is 2.28. The van der Waals surface area contributed by atoms with E-state index in [4.69, 9.17) is 4.74 Å². The number of rotatable bonds is 4. The van der Waals surface area contributed by atoms with Crippen LogP contribution in [0.3, 0.4) is 0 Å². The zero-order chi connectivity index (χ0) is 11.4. The van der Waals surface area contributed by atoms with Crippen LogP contribution in [0.15, 0.2) is 24.3 Å². The van der Waals surface area contributed by atoms with Gasteiger partial charge in [0.15, 0.2) is 0 Å². The summed E-state index contributed by atoms with van der Waals surface area (Å²) >= 11 is 0. The van der Waals surface area contributed by atoms with Crippen molar-refractivity contribution in [1.29, 1.82) is 0 Å². The van der Waals surface area contributed by atoms with E-state index in [-0.39, 0.29) is 6.61 Å². The molecule has 1 aromatic rings. The highest BCUT2D eigenvalue weighted by molar-refractivity contribution is 5.30. The Morgan fingerprint density at radius 2 is 2.06 bits per heavy atom. The zero-order valence-electron chi connectivity index (χ0n) is 9.65. The Balaban J connectivity index is 2.08. The van der Waals surface area contributed by atoms with E-state index in [1.54, 1.807) is 0 Å². The molecule has 0 unspecified atom stereocenters. The van der Waals surface area contributed by atoms with E-state index in [9.17, 15) is 5.11 Å². The first-order valence-electron chi connectivity index (χ1n) is 5.89. The van der Waals surface area contributed by atoms with Crippen molar-refractivity contribution in [2.75, 3.05) is 26.3 Å². The average molecular weight is 221 g/mol. The van der Waals surface area contributed by atoms with Crippen LogP contribution in [0.25, 0.3) is 0 Å². The van der Waals surface area contributed by atoms with Crippen LogP contribution < -0.4 is 10.1 Å². The maximum atomic E-state index is 9.27. The molecule has 0 bridgehead atoms. The maximum absolute atomic E-state index is 9.27. The Kier molecular flexibility index (Phi) is 3.80. The summed E-state index contributed by atoms with van der Waals surface area (Å²) in [4.78, 5) is 0. The monoisotopic (exact) mass is 221 g/mol. The van der Waals surface area contributed by atoms with Crippen molar-refractivity contribution >= 4 is 0 Å². The Labute approximate surface area is 96.4 Å². The zero-order valence-corrected chi connectivity index (χ0v) is 9.65. The Morgan fingerprint density at radius 1 is 1.31 bits per heavy atom. The molecule has 0 radical (unpaired) electrons. The summed E-state index contributed by atoms with van der Waals surface area (Å²) in [5.41, 5.74) is 1.28. The van der Waals surface area contributed by atoms with Crippen LogP contribution in [0.2, 0.25) is 0 Å². The van der Waals surface area contributed by atoms with Crippen molar-refractivity contribution in [1.82, 2.24) is 5.32 Å². The van der Waals surface area contributed by atoms with Gasteiger partial charge in [0, 0.05) is 31.5 Å². The molecule has 1 fully saturated rings. The van der Waals surface area contributed by atoms with Gasteiger partial charge in [0.05, 0.1) is 6.61 Å². The molecule has 3 heteroatoms. The first-order chi connectivity index (χ1) is 7.85. The molecule has 0 spiro atoms. The van der Waals surface area contributed by atoms with Gasteiger partial charge in [0.25, 0.3) is 0 Å². The third-order valence-corrected chi connectivity index (χ3v) is 3.19. The summed E-state index contributed by atoms with van der Waals surface area (Å²) in [5, 5.41) is 12.6. The van der Waals surface area contributed by atoms with Gasteiger partial charge in [-0.2, -0.15) is 0 Å². The molecule has 16 heavy (non-hydrogen) atoms. The van der Waals surface area contributed by atoms with Crippen LogP contribution in [-0.4, -0.2) is 31.4 Å². The van der Waals surface area contributed by atoms with E-state index in [0.29, 0.717) is 18.4 Å². The van der Waals surface area contributed by atoms with Crippen molar-refractivity contribution in [2.24, 2.45) is 5.92 Å². The lowest BCUT2D eigenvalue weighted by molar-refractivity contribution is 0.226. The number of aliphatic hydroxyl groups excluding tert-OH is 1. The van der Waals surface area contributed by atoms with E-state index >= 15 is 0 Å². The largest absolute Gasteiger partial charge is 0.494 e. The van der Waals surface area contributed by atoms with Gasteiger partial charge in [0.2, 0.25) is 0 Å². The van der Waals surface area contributed by atoms with Gasteiger partial charge in [0.1, 0.15) is 5.75 Å². The molecule has 1 aromatic carbocycles. The summed E-state index contributed by atoms with van der Waals surface area (Å²) in [6.07, 6.45) is 0. The van der Waals surface area contributed by atoms with E-state index < -0.39 is 0 Å². The molecule has 2 N–H and O–H groups in total. The van der Waals surface area contributed by atoms with Crippen molar-refractivity contribution in [2.45, 2.75) is 12.8 Å². The number of aliphatic hydroxyl groups is 1. The molecule has 2 rings (SSSR count). The lowest BCUT2D eigenvalue weighted by atomic mass is 9.89. The van der Waals surface area contributed by atoms with Crippen LogP contribution in [0.1, 0.15) is 18.4 Å². The van der Waals surface area contributed by atoms with Gasteiger partial charge in [-0.15, -0.1) is 0 Å². The van der Waals surface area contributed by atoms with Crippen LogP contribution in [0.5, 0.6) is 5.75 Å². The third kappa shape index (κ3) is 2.36. The third-order valence-electron chi connectivity index (χ3n) is 3.19. The smallest absolute Gasteiger partial charge is 0.119 e. The predicted molar refractivity (Wildman–Crippen MR) is 63.8 cm³/mol. The lowest BCUT2D eigenvalue weighted by Gasteiger charge is -2.16. The van der Waals surface area contributed by atoms with Crippen LogP contribution in [0.4, 0.5) is 0 Å². The number of hydrogen-bond donors (Lipinski definition) is 2. The quantitative estimate of drug-likeness (QED) is 0.807. The molecular weight excluding hydrogens is 202 g/mol. The highest BCUT2D eigenvalue weighted by Gasteiger charge is 2.27. The minimum absolute atomic E-state index is 0.255. The summed E-state index contributed by atoms with van der Waals surface area (Å²) in [7, 11) is 0. The van der Waals surface area contributed by atoms with E-state index in [1.165, 1.54) is 5.56 Å². The SMILES string of the molecule is CCOc1ccc([C@H]2CNC[C@@H]2CO)cc1. The Hall–Kier alpha value is -1.06. The number of hydrogen-bond acceptors (Lipinski definition) is 3. The van der Waals surface area contributed by atoms with Gasteiger partial charge < -0.3 is 15.2 Å². The normalized spacial score (nSPS) is 24.6. The standard InChI is InChI=1S/C13H19NO2/c1-2-16-12-5-3-10(4-6-12)13-8-14-7-11(13)9-15/h3-6,11,13-15H,2,7-9H2,1H3/t11-,13-/m1/s1. The highest BCUT2D eigenvalue weighted by atomic mass is 16.5. The van der Waals surface area contributed by atoms with Gasteiger partial charge in [-0.05, 0) is 24.6 Å². The molecular formula is C13H19NO2. The predicted octanol–water partition coefficient (Wildman–Crippen LogP) is 1.38. The molecule has 0 aromatic heterocycles. The number of benzene rings is 1. The van der Waals surface area contributed by atoms with Gasteiger partial charge in [-0.3, -0.25) is 0 Å². The van der Waals surface area contributed by atoms with Crippen molar-refractivity contribution < 1.29 is 9.84 Å². The molecule has 0 saturated carbocycles. The minimum atomic E-state index is 0.255. The summed E-state index contributed by atoms with van der Waals surface area (Å²) in [6.45, 7) is 4.80. The van der Waals surface area contributed by atoms with Gasteiger partial charge >= 0.3 is 0 Å². The molecule has 1 saturated heterocycles. The molecule has 2 atom stereocenters. The summed E-state index contributed by atoms with van der Waals surface area (Å²) < 4.78 is 5.41. The molecule has 3 nitrogen and oxygen atoms in total. The molecule has 1 heterocycles. The van der Waals surface area contributed by atoms with Gasteiger partial charge in [-0.1, -0.05) is 12.1 Å². The van der Waals surface area contributed by atoms with Crippen molar-refractivity contribution in [3.63, 3.8) is 0 Å². The lowest BCUT2D eigenvalue weighted by Crippen LogP contribution is -2.14. The Morgan fingerprint density at radius 3 is 2.69 bits per heavy atom. The fourth-order valence-electron chi connectivity index (χ4n) is 2.29. The fraction of sp³-hybridized carbons (Fsp3) is 0.538. The van der Waals surface area contributed by atoms with Crippen molar-refractivity contribution in [3.05, 3.63) is 29.8 Å². The Bertz CT molecular complexity index is 323. The molecule has 1 aliphatic heterocycles. The number of nitrogens with one attached hydrogen (secondary N) is 1. The van der Waals surface area contributed by atoms with Gasteiger partial charge in [-0.25, -0.2) is 0 Å². The molecule has 0 aliphatic carbocycles. The molecule has 0 amide bonds. The maximum Gasteiger partial charge on any atom is 0.119 e.